The summed E-state index contributed by atoms with van der Waals surface area (Å²) in [6.45, 7) is 1.76. The van der Waals surface area contributed by atoms with E-state index < -0.39 is 10.0 Å². The van der Waals surface area contributed by atoms with E-state index in [1.54, 1.807) is 13.0 Å². The molecule has 3 N–H and O–H groups in total. The summed E-state index contributed by atoms with van der Waals surface area (Å²) >= 11 is 0. The number of H-pyrrole nitrogens is 1. The Bertz CT molecular complexity index is 726. The molecule has 1 aromatic carbocycles. The summed E-state index contributed by atoms with van der Waals surface area (Å²) in [7, 11) is -3.61. The Balaban J connectivity index is 1.99. The molecule has 1 heterocycles. The van der Waals surface area contributed by atoms with Crippen molar-refractivity contribution >= 4 is 10.0 Å². The molecular formula is C14H17FN2O3S. The van der Waals surface area contributed by atoms with Crippen molar-refractivity contribution in [3.05, 3.63) is 53.1 Å². The van der Waals surface area contributed by atoms with E-state index in [2.05, 4.69) is 9.71 Å². The quantitative estimate of drug-likeness (QED) is 0.755. The van der Waals surface area contributed by atoms with Crippen molar-refractivity contribution in [2.24, 2.45) is 0 Å². The van der Waals surface area contributed by atoms with E-state index >= 15 is 0 Å². The van der Waals surface area contributed by atoms with Crippen LogP contribution in [-0.2, 0) is 23.1 Å². The minimum atomic E-state index is -3.61. The maximum atomic E-state index is 13.0. The zero-order chi connectivity index (χ0) is 15.5. The van der Waals surface area contributed by atoms with Gasteiger partial charge in [-0.05, 0) is 42.7 Å². The molecule has 2 aromatic rings. The average molecular weight is 312 g/mol. The highest BCUT2D eigenvalue weighted by atomic mass is 32.2. The van der Waals surface area contributed by atoms with Gasteiger partial charge < -0.3 is 10.1 Å². The first-order valence-electron chi connectivity index (χ1n) is 6.45. The first-order valence-corrected chi connectivity index (χ1v) is 7.93. The van der Waals surface area contributed by atoms with E-state index in [1.165, 1.54) is 24.4 Å². The topological polar surface area (TPSA) is 82.2 Å². The fourth-order valence-corrected chi connectivity index (χ4v) is 3.06. The number of aliphatic hydroxyl groups is 1. The van der Waals surface area contributed by atoms with Crippen LogP contribution in [0.15, 0.2) is 35.4 Å². The number of hydrogen-bond donors (Lipinski definition) is 3. The number of aromatic amines is 1. The van der Waals surface area contributed by atoms with Gasteiger partial charge in [-0.15, -0.1) is 0 Å². The maximum Gasteiger partial charge on any atom is 0.242 e. The maximum absolute atomic E-state index is 13.0. The van der Waals surface area contributed by atoms with E-state index in [9.17, 15) is 12.8 Å². The lowest BCUT2D eigenvalue weighted by molar-refractivity contribution is 0.277. The van der Waals surface area contributed by atoms with Crippen molar-refractivity contribution in [3.8, 4) is 0 Å². The van der Waals surface area contributed by atoms with Gasteiger partial charge in [0.2, 0.25) is 10.0 Å². The smallest absolute Gasteiger partial charge is 0.242 e. The first kappa shape index (κ1) is 15.7. The molecule has 0 aliphatic carbocycles. The largest absolute Gasteiger partial charge is 0.390 e. The normalized spacial score (nSPS) is 11.8. The van der Waals surface area contributed by atoms with Crippen molar-refractivity contribution in [3.63, 3.8) is 0 Å². The molecule has 0 aliphatic rings. The van der Waals surface area contributed by atoms with Crippen LogP contribution < -0.4 is 4.72 Å². The van der Waals surface area contributed by atoms with Crippen LogP contribution in [-0.4, -0.2) is 25.1 Å². The van der Waals surface area contributed by atoms with E-state index in [0.29, 0.717) is 12.1 Å². The number of halogens is 1. The predicted octanol–water partition coefficient (Wildman–Crippen LogP) is 1.48. The Morgan fingerprint density at radius 1 is 1.33 bits per heavy atom. The number of sulfonamides is 1. The summed E-state index contributed by atoms with van der Waals surface area (Å²) in [5, 5.41) is 8.92. The number of benzene rings is 1. The van der Waals surface area contributed by atoms with Crippen LogP contribution in [0.4, 0.5) is 4.39 Å². The summed E-state index contributed by atoms with van der Waals surface area (Å²) < 4.78 is 39.5. The molecule has 2 rings (SSSR count). The second-order valence-electron chi connectivity index (χ2n) is 4.74. The lowest BCUT2D eigenvalue weighted by Gasteiger charge is -2.07. The Morgan fingerprint density at radius 3 is 2.71 bits per heavy atom. The van der Waals surface area contributed by atoms with Crippen molar-refractivity contribution < 1.29 is 17.9 Å². The molecule has 0 spiro atoms. The monoisotopic (exact) mass is 312 g/mol. The fraction of sp³-hybridized carbons (Fsp3) is 0.286. The van der Waals surface area contributed by atoms with Crippen molar-refractivity contribution in [1.82, 2.24) is 9.71 Å². The van der Waals surface area contributed by atoms with Crippen LogP contribution in [0.25, 0.3) is 0 Å². The van der Waals surface area contributed by atoms with Crippen molar-refractivity contribution in [1.29, 1.82) is 0 Å². The summed E-state index contributed by atoms with van der Waals surface area (Å²) in [5.41, 5.74) is 2.12. The zero-order valence-electron chi connectivity index (χ0n) is 11.6. The molecule has 5 nitrogen and oxygen atoms in total. The van der Waals surface area contributed by atoms with E-state index in [1.807, 2.05) is 0 Å². The van der Waals surface area contributed by atoms with Gasteiger partial charge in [-0.3, -0.25) is 0 Å². The van der Waals surface area contributed by atoms with Gasteiger partial charge in [0.05, 0.1) is 11.5 Å². The summed E-state index contributed by atoms with van der Waals surface area (Å²) in [6.07, 6.45) is 1.81. The van der Waals surface area contributed by atoms with Gasteiger partial charge in [0.15, 0.2) is 0 Å². The fourth-order valence-electron chi connectivity index (χ4n) is 2.01. The molecule has 0 saturated heterocycles. The molecule has 21 heavy (non-hydrogen) atoms. The molecular weight excluding hydrogens is 295 g/mol. The predicted molar refractivity (Wildman–Crippen MR) is 76.7 cm³/mol. The standard InChI is InChI=1S/C14H17FN2O3S/c1-10-6-12(15)3-2-11(10)4-5-17-21(19,20)14-7-13(9-18)16-8-14/h2-3,6-8,16-18H,4-5,9H2,1H3. The second-order valence-corrected chi connectivity index (χ2v) is 6.50. The molecule has 0 amide bonds. The summed E-state index contributed by atoms with van der Waals surface area (Å²) in [6, 6.07) is 5.81. The molecule has 1 aromatic heterocycles. The Morgan fingerprint density at radius 2 is 2.10 bits per heavy atom. The van der Waals surface area contributed by atoms with Crippen molar-refractivity contribution in [2.75, 3.05) is 6.54 Å². The molecule has 0 aliphatic heterocycles. The highest BCUT2D eigenvalue weighted by Crippen LogP contribution is 2.12. The molecule has 0 unspecified atom stereocenters. The van der Waals surface area contributed by atoms with Gasteiger partial charge >= 0.3 is 0 Å². The van der Waals surface area contributed by atoms with Crippen LogP contribution in [0.3, 0.4) is 0 Å². The number of aromatic nitrogens is 1. The third kappa shape index (κ3) is 3.90. The molecule has 0 bridgehead atoms. The van der Waals surface area contributed by atoms with Crippen LogP contribution in [0.5, 0.6) is 0 Å². The molecule has 7 heteroatoms. The highest BCUT2D eigenvalue weighted by molar-refractivity contribution is 7.89. The van der Waals surface area contributed by atoms with Crippen LogP contribution >= 0.6 is 0 Å². The van der Waals surface area contributed by atoms with Gasteiger partial charge in [0.1, 0.15) is 5.82 Å². The van der Waals surface area contributed by atoms with E-state index in [-0.39, 0.29) is 23.9 Å². The number of nitrogens with one attached hydrogen (secondary N) is 2. The number of rotatable bonds is 6. The Labute approximate surface area is 122 Å². The minimum Gasteiger partial charge on any atom is -0.390 e. The number of aryl methyl sites for hydroxylation is 1. The van der Waals surface area contributed by atoms with Gasteiger partial charge in [-0.1, -0.05) is 6.07 Å². The number of aliphatic hydroxyl groups excluding tert-OH is 1. The molecule has 0 fully saturated rings. The molecule has 0 atom stereocenters. The van der Waals surface area contributed by atoms with Gasteiger partial charge in [0.25, 0.3) is 0 Å². The van der Waals surface area contributed by atoms with Crippen LogP contribution in [0, 0.1) is 12.7 Å². The lowest BCUT2D eigenvalue weighted by Crippen LogP contribution is -2.25. The average Bonchev–Trinajstić information content (AvgIpc) is 2.91. The third-order valence-electron chi connectivity index (χ3n) is 3.19. The van der Waals surface area contributed by atoms with Gasteiger partial charge in [0, 0.05) is 18.4 Å². The Hall–Kier alpha value is -1.70. The zero-order valence-corrected chi connectivity index (χ0v) is 12.4. The second kappa shape index (κ2) is 6.38. The van der Waals surface area contributed by atoms with Crippen molar-refractivity contribution in [2.45, 2.75) is 24.8 Å². The van der Waals surface area contributed by atoms with Crippen LogP contribution in [0.1, 0.15) is 16.8 Å². The summed E-state index contributed by atoms with van der Waals surface area (Å²) in [4.78, 5) is 2.76. The van der Waals surface area contributed by atoms with E-state index in [4.69, 9.17) is 5.11 Å². The molecule has 114 valence electrons. The molecule has 0 radical (unpaired) electrons. The van der Waals surface area contributed by atoms with E-state index in [0.717, 1.165) is 11.1 Å². The SMILES string of the molecule is Cc1cc(F)ccc1CCNS(=O)(=O)c1c[nH]c(CO)c1. The van der Waals surface area contributed by atoms with Gasteiger partial charge in [-0.25, -0.2) is 17.5 Å². The lowest BCUT2D eigenvalue weighted by atomic mass is 10.1. The minimum absolute atomic E-state index is 0.0855. The van der Waals surface area contributed by atoms with Gasteiger partial charge in [-0.2, -0.15) is 0 Å². The van der Waals surface area contributed by atoms with Crippen LogP contribution in [0.2, 0.25) is 0 Å². The third-order valence-corrected chi connectivity index (χ3v) is 4.63. The number of hydrogen-bond acceptors (Lipinski definition) is 3. The Kier molecular flexibility index (Phi) is 4.76. The molecule has 0 saturated carbocycles. The highest BCUT2D eigenvalue weighted by Gasteiger charge is 2.15. The first-order chi connectivity index (χ1) is 9.92. The summed E-state index contributed by atoms with van der Waals surface area (Å²) in [5.74, 6) is -0.305.